The second-order valence-electron chi connectivity index (χ2n) is 5.26. The summed E-state index contributed by atoms with van der Waals surface area (Å²) in [6.45, 7) is 2.70. The number of hydrogen-bond donors (Lipinski definition) is 2. The van der Waals surface area contributed by atoms with Crippen molar-refractivity contribution in [1.82, 2.24) is 5.32 Å². The molecule has 3 heteroatoms. The van der Waals surface area contributed by atoms with Crippen LogP contribution in [0.2, 0.25) is 0 Å². The van der Waals surface area contributed by atoms with Crippen LogP contribution < -0.4 is 10.6 Å². The minimum Gasteiger partial charge on any atom is -0.325 e. The third-order valence-electron chi connectivity index (χ3n) is 3.55. The van der Waals surface area contributed by atoms with Gasteiger partial charge in [-0.1, -0.05) is 38.0 Å². The Morgan fingerprint density at radius 2 is 2.06 bits per heavy atom. The molecule has 1 aliphatic rings. The molecule has 1 aromatic carbocycles. The Hall–Kier alpha value is -1.35. The van der Waals surface area contributed by atoms with Crippen LogP contribution in [0.1, 0.15) is 32.6 Å². The first kappa shape index (κ1) is 13.1. The lowest BCUT2D eigenvalue weighted by Gasteiger charge is -2.27. The van der Waals surface area contributed by atoms with Crippen molar-refractivity contribution in [2.75, 3.05) is 11.9 Å². The predicted octanol–water partition coefficient (Wildman–Crippen LogP) is 2.79. The van der Waals surface area contributed by atoms with E-state index in [1.165, 1.54) is 25.7 Å². The summed E-state index contributed by atoms with van der Waals surface area (Å²) in [5.74, 6) is 0.827. The van der Waals surface area contributed by atoms with E-state index in [1.807, 2.05) is 30.3 Å². The second-order valence-corrected chi connectivity index (χ2v) is 5.26. The third kappa shape index (κ3) is 4.15. The first-order valence-corrected chi connectivity index (χ1v) is 6.82. The number of carbonyl (C=O) groups is 1. The molecule has 1 fully saturated rings. The lowest BCUT2D eigenvalue weighted by Crippen LogP contribution is -2.38. The average Bonchev–Trinajstić information content (AvgIpc) is 2.38. The van der Waals surface area contributed by atoms with E-state index in [1.54, 1.807) is 0 Å². The fourth-order valence-electron chi connectivity index (χ4n) is 2.58. The van der Waals surface area contributed by atoms with Crippen LogP contribution in [0.4, 0.5) is 5.69 Å². The maximum Gasteiger partial charge on any atom is 0.238 e. The Morgan fingerprint density at radius 3 is 2.78 bits per heavy atom. The summed E-state index contributed by atoms with van der Waals surface area (Å²) in [5.41, 5.74) is 0.862. The molecule has 0 bridgehead atoms. The molecule has 2 N–H and O–H groups in total. The fourth-order valence-corrected chi connectivity index (χ4v) is 2.58. The van der Waals surface area contributed by atoms with Crippen molar-refractivity contribution < 1.29 is 4.79 Å². The van der Waals surface area contributed by atoms with Gasteiger partial charge in [-0.2, -0.15) is 0 Å². The lowest BCUT2D eigenvalue weighted by atomic mass is 9.87. The number of nitrogens with one attached hydrogen (secondary N) is 2. The topological polar surface area (TPSA) is 41.1 Å². The van der Waals surface area contributed by atoms with Gasteiger partial charge >= 0.3 is 0 Å². The summed E-state index contributed by atoms with van der Waals surface area (Å²) >= 11 is 0. The van der Waals surface area contributed by atoms with Crippen LogP contribution in [-0.4, -0.2) is 18.5 Å². The molecule has 18 heavy (non-hydrogen) atoms. The number of hydrogen-bond acceptors (Lipinski definition) is 2. The summed E-state index contributed by atoms with van der Waals surface area (Å²) in [4.78, 5) is 11.8. The lowest BCUT2D eigenvalue weighted by molar-refractivity contribution is -0.115. The fraction of sp³-hybridized carbons (Fsp3) is 0.533. The Labute approximate surface area is 109 Å². The molecule has 2 rings (SSSR count). The quantitative estimate of drug-likeness (QED) is 0.857. The van der Waals surface area contributed by atoms with Gasteiger partial charge in [-0.05, 0) is 30.9 Å². The molecule has 0 aliphatic heterocycles. The minimum absolute atomic E-state index is 0.0411. The van der Waals surface area contributed by atoms with Gasteiger partial charge in [0, 0.05) is 11.7 Å². The van der Waals surface area contributed by atoms with Crippen molar-refractivity contribution in [3.05, 3.63) is 30.3 Å². The molecule has 1 aliphatic carbocycles. The number of para-hydroxylation sites is 1. The molecule has 98 valence electrons. The number of rotatable bonds is 4. The highest BCUT2D eigenvalue weighted by Gasteiger charge is 2.18. The van der Waals surface area contributed by atoms with Gasteiger partial charge in [0.05, 0.1) is 6.54 Å². The summed E-state index contributed by atoms with van der Waals surface area (Å²) in [5, 5.41) is 6.25. The van der Waals surface area contributed by atoms with E-state index in [4.69, 9.17) is 0 Å². The van der Waals surface area contributed by atoms with E-state index in [-0.39, 0.29) is 5.91 Å². The number of amides is 1. The van der Waals surface area contributed by atoms with Crippen LogP contribution in [0.15, 0.2) is 30.3 Å². The average molecular weight is 246 g/mol. The minimum atomic E-state index is 0.0411. The molecule has 2 atom stereocenters. The molecular formula is C15H22N2O. The molecule has 0 unspecified atom stereocenters. The van der Waals surface area contributed by atoms with Crippen LogP contribution in [0.25, 0.3) is 0 Å². The van der Waals surface area contributed by atoms with Crippen molar-refractivity contribution >= 4 is 11.6 Å². The van der Waals surface area contributed by atoms with Gasteiger partial charge in [-0.3, -0.25) is 4.79 Å². The van der Waals surface area contributed by atoms with Crippen LogP contribution in [0.5, 0.6) is 0 Å². The Morgan fingerprint density at radius 1 is 1.28 bits per heavy atom. The van der Waals surface area contributed by atoms with E-state index >= 15 is 0 Å². The van der Waals surface area contributed by atoms with Crippen LogP contribution in [0.3, 0.4) is 0 Å². The van der Waals surface area contributed by atoms with Crippen LogP contribution in [-0.2, 0) is 4.79 Å². The summed E-state index contributed by atoms with van der Waals surface area (Å²) in [6.07, 6.45) is 5.00. The molecule has 1 amide bonds. The van der Waals surface area contributed by atoms with Crippen molar-refractivity contribution in [3.8, 4) is 0 Å². The first-order chi connectivity index (χ1) is 8.74. The molecule has 3 nitrogen and oxygen atoms in total. The van der Waals surface area contributed by atoms with E-state index < -0.39 is 0 Å². The van der Waals surface area contributed by atoms with Crippen molar-refractivity contribution in [2.24, 2.45) is 5.92 Å². The Balaban J connectivity index is 1.71. The van der Waals surface area contributed by atoms with Crippen LogP contribution in [0, 0.1) is 5.92 Å². The molecular weight excluding hydrogens is 224 g/mol. The SMILES string of the molecule is C[C@H]1CCC[C@H](NCC(=O)Nc2ccccc2)C1. The number of anilines is 1. The highest BCUT2D eigenvalue weighted by molar-refractivity contribution is 5.92. The summed E-state index contributed by atoms with van der Waals surface area (Å²) < 4.78 is 0. The van der Waals surface area contributed by atoms with Gasteiger partial charge in [0.15, 0.2) is 0 Å². The predicted molar refractivity (Wildman–Crippen MR) is 74.5 cm³/mol. The van der Waals surface area contributed by atoms with Crippen molar-refractivity contribution in [3.63, 3.8) is 0 Å². The van der Waals surface area contributed by atoms with Gasteiger partial charge in [0.25, 0.3) is 0 Å². The standard InChI is InChI=1S/C15H22N2O/c1-12-6-5-9-14(10-12)16-11-15(18)17-13-7-3-2-4-8-13/h2-4,7-8,12,14,16H,5-6,9-11H2,1H3,(H,17,18)/t12-,14-/m0/s1. The van der Waals surface area contributed by atoms with E-state index in [0.29, 0.717) is 12.6 Å². The zero-order valence-corrected chi connectivity index (χ0v) is 11.0. The molecule has 0 heterocycles. The molecule has 1 saturated carbocycles. The summed E-state index contributed by atoms with van der Waals surface area (Å²) in [7, 11) is 0. The van der Waals surface area contributed by atoms with E-state index in [9.17, 15) is 4.79 Å². The maximum absolute atomic E-state index is 11.8. The van der Waals surface area contributed by atoms with Gasteiger partial charge in [0.1, 0.15) is 0 Å². The van der Waals surface area contributed by atoms with Gasteiger partial charge < -0.3 is 10.6 Å². The number of carbonyl (C=O) groups excluding carboxylic acids is 1. The molecule has 0 radical (unpaired) electrons. The Bertz CT molecular complexity index is 377. The third-order valence-corrected chi connectivity index (χ3v) is 3.55. The normalized spacial score (nSPS) is 23.6. The van der Waals surface area contributed by atoms with Gasteiger partial charge in [-0.15, -0.1) is 0 Å². The van der Waals surface area contributed by atoms with Crippen molar-refractivity contribution in [2.45, 2.75) is 38.6 Å². The monoisotopic (exact) mass is 246 g/mol. The number of benzene rings is 1. The molecule has 0 spiro atoms. The van der Waals surface area contributed by atoms with Crippen molar-refractivity contribution in [1.29, 1.82) is 0 Å². The van der Waals surface area contributed by atoms with Crippen LogP contribution >= 0.6 is 0 Å². The molecule has 0 saturated heterocycles. The summed E-state index contributed by atoms with van der Waals surface area (Å²) in [6, 6.07) is 10.1. The second kappa shape index (κ2) is 6.55. The maximum atomic E-state index is 11.8. The molecule has 1 aromatic rings. The van der Waals surface area contributed by atoms with E-state index in [0.717, 1.165) is 11.6 Å². The largest absolute Gasteiger partial charge is 0.325 e. The van der Waals surface area contributed by atoms with Gasteiger partial charge in [-0.25, -0.2) is 0 Å². The zero-order valence-electron chi connectivity index (χ0n) is 11.0. The first-order valence-electron chi connectivity index (χ1n) is 6.82. The van der Waals surface area contributed by atoms with E-state index in [2.05, 4.69) is 17.6 Å². The smallest absolute Gasteiger partial charge is 0.238 e. The highest BCUT2D eigenvalue weighted by Crippen LogP contribution is 2.23. The Kier molecular flexibility index (Phi) is 4.76. The zero-order chi connectivity index (χ0) is 12.8. The molecule has 0 aromatic heterocycles. The van der Waals surface area contributed by atoms with Gasteiger partial charge in [0.2, 0.25) is 5.91 Å². The highest BCUT2D eigenvalue weighted by atomic mass is 16.1.